The third-order valence-corrected chi connectivity index (χ3v) is 8.83. The van der Waals surface area contributed by atoms with Gasteiger partial charge in [-0.2, -0.15) is 0 Å². The van der Waals surface area contributed by atoms with Gasteiger partial charge in [0.1, 0.15) is 12.2 Å². The Labute approximate surface area is 215 Å². The molecule has 0 amide bonds. The van der Waals surface area contributed by atoms with Crippen molar-refractivity contribution < 1.29 is 19.1 Å². The summed E-state index contributed by atoms with van der Waals surface area (Å²) < 4.78 is 12.6. The first-order valence-corrected chi connectivity index (χ1v) is 13.6. The van der Waals surface area contributed by atoms with Crippen molar-refractivity contribution >= 4 is 11.9 Å². The fraction of sp³-hybridized carbons (Fsp3) is 0.562. The standard InChI is InChI=1S/C32H40O4/c1-31(2,3)25-16-9-7-12-21(25)29(33)35-27-23-18-24(20-15-11-14-19(20)23)28(27)36-30(34)22-13-8-10-17-26(22)32(4,5)6/h7-10,12-13,16-17,19-20,23-24,27-28H,11,14-15,18H2,1-6H3. The number of rotatable bonds is 4. The number of hydrogen-bond donors (Lipinski definition) is 0. The van der Waals surface area contributed by atoms with Crippen molar-refractivity contribution in [3.8, 4) is 0 Å². The van der Waals surface area contributed by atoms with Gasteiger partial charge in [-0.15, -0.1) is 0 Å². The molecule has 3 aliphatic rings. The molecule has 3 aliphatic carbocycles. The lowest BCUT2D eigenvalue weighted by molar-refractivity contribution is -0.0768. The number of hydrogen-bond acceptors (Lipinski definition) is 4. The van der Waals surface area contributed by atoms with E-state index in [0.29, 0.717) is 23.0 Å². The van der Waals surface area contributed by atoms with Gasteiger partial charge in [0.05, 0.1) is 11.1 Å². The second-order valence-electron chi connectivity index (χ2n) is 13.2. The second-order valence-corrected chi connectivity index (χ2v) is 13.2. The SMILES string of the molecule is CC(C)(C)c1ccccc1C(=O)OC1C2CC(C3CCCC32)C1OC(=O)c1ccccc1C(C)(C)C. The molecule has 4 nitrogen and oxygen atoms in total. The largest absolute Gasteiger partial charge is 0.454 e. The zero-order chi connectivity index (χ0) is 25.8. The molecule has 0 saturated heterocycles. The number of ether oxygens (including phenoxy) is 2. The predicted molar refractivity (Wildman–Crippen MR) is 141 cm³/mol. The first-order valence-electron chi connectivity index (χ1n) is 13.6. The van der Waals surface area contributed by atoms with E-state index in [0.717, 1.165) is 17.5 Å². The fourth-order valence-corrected chi connectivity index (χ4v) is 7.30. The topological polar surface area (TPSA) is 52.6 Å². The Morgan fingerprint density at radius 2 is 1.03 bits per heavy atom. The van der Waals surface area contributed by atoms with Gasteiger partial charge in [-0.3, -0.25) is 0 Å². The highest BCUT2D eigenvalue weighted by atomic mass is 16.6. The molecule has 6 atom stereocenters. The van der Waals surface area contributed by atoms with Crippen molar-refractivity contribution in [1.29, 1.82) is 0 Å². The van der Waals surface area contributed by atoms with E-state index in [4.69, 9.17) is 9.47 Å². The minimum atomic E-state index is -0.388. The minimum absolute atomic E-state index is 0.177. The first kappa shape index (κ1) is 25.0. The predicted octanol–water partition coefficient (Wildman–Crippen LogP) is 7.10. The van der Waals surface area contributed by atoms with Crippen LogP contribution in [0.25, 0.3) is 0 Å². The molecule has 36 heavy (non-hydrogen) atoms. The maximum absolute atomic E-state index is 13.6. The molecule has 5 rings (SSSR count). The number of carbonyl (C=O) groups is 2. The summed E-state index contributed by atoms with van der Waals surface area (Å²) >= 11 is 0. The van der Waals surface area contributed by atoms with Crippen LogP contribution in [-0.4, -0.2) is 24.1 Å². The van der Waals surface area contributed by atoms with Gasteiger partial charge in [-0.05, 0) is 65.2 Å². The number of benzene rings is 2. The van der Waals surface area contributed by atoms with Crippen LogP contribution in [0.15, 0.2) is 48.5 Å². The highest BCUT2D eigenvalue weighted by molar-refractivity contribution is 5.92. The lowest BCUT2D eigenvalue weighted by Crippen LogP contribution is -2.45. The van der Waals surface area contributed by atoms with E-state index in [1.807, 2.05) is 48.5 Å². The molecule has 6 unspecified atom stereocenters. The fourth-order valence-electron chi connectivity index (χ4n) is 7.30. The maximum Gasteiger partial charge on any atom is 0.338 e. The summed E-state index contributed by atoms with van der Waals surface area (Å²) in [5, 5.41) is 0. The Morgan fingerprint density at radius 1 is 0.639 bits per heavy atom. The van der Waals surface area contributed by atoms with Crippen molar-refractivity contribution in [2.75, 3.05) is 0 Å². The van der Waals surface area contributed by atoms with Gasteiger partial charge in [0.25, 0.3) is 0 Å². The van der Waals surface area contributed by atoms with Gasteiger partial charge >= 0.3 is 11.9 Å². The van der Waals surface area contributed by atoms with E-state index in [1.54, 1.807) is 0 Å². The highest BCUT2D eigenvalue weighted by Crippen LogP contribution is 2.60. The van der Waals surface area contributed by atoms with Crippen molar-refractivity contribution in [2.45, 2.75) is 90.3 Å². The van der Waals surface area contributed by atoms with Gasteiger partial charge in [0.2, 0.25) is 0 Å². The number of fused-ring (bicyclic) bond motifs is 5. The summed E-state index contributed by atoms with van der Waals surface area (Å²) in [5.74, 6) is 1.07. The van der Waals surface area contributed by atoms with E-state index in [2.05, 4.69) is 41.5 Å². The highest BCUT2D eigenvalue weighted by Gasteiger charge is 2.62. The molecule has 0 heterocycles. The van der Waals surface area contributed by atoms with Crippen LogP contribution in [0.4, 0.5) is 0 Å². The smallest absolute Gasteiger partial charge is 0.338 e. The van der Waals surface area contributed by atoms with Gasteiger partial charge in [0.15, 0.2) is 0 Å². The molecule has 3 fully saturated rings. The van der Waals surface area contributed by atoms with E-state index >= 15 is 0 Å². The lowest BCUT2D eigenvalue weighted by atomic mass is 9.78. The van der Waals surface area contributed by atoms with Crippen LogP contribution in [0.3, 0.4) is 0 Å². The van der Waals surface area contributed by atoms with Gasteiger partial charge in [-0.1, -0.05) is 84.4 Å². The summed E-state index contributed by atoms with van der Waals surface area (Å²) in [6, 6.07) is 15.4. The normalized spacial score (nSPS) is 29.2. The molecule has 2 aromatic rings. The third kappa shape index (κ3) is 4.37. The summed E-state index contributed by atoms with van der Waals surface area (Å²) in [7, 11) is 0. The van der Waals surface area contributed by atoms with Crippen LogP contribution in [0.5, 0.6) is 0 Å². The van der Waals surface area contributed by atoms with Crippen molar-refractivity contribution in [1.82, 2.24) is 0 Å². The summed E-state index contributed by atoms with van der Waals surface area (Å²) in [4.78, 5) is 27.1. The summed E-state index contributed by atoms with van der Waals surface area (Å²) in [5.41, 5.74) is 2.82. The molecule has 0 aliphatic heterocycles. The maximum atomic E-state index is 13.6. The third-order valence-electron chi connectivity index (χ3n) is 8.83. The molecular formula is C32H40O4. The van der Waals surface area contributed by atoms with Crippen LogP contribution < -0.4 is 0 Å². The lowest BCUT2D eigenvalue weighted by Gasteiger charge is -2.37. The van der Waals surface area contributed by atoms with E-state index in [1.165, 1.54) is 19.3 Å². The first-order chi connectivity index (χ1) is 17.0. The Morgan fingerprint density at radius 3 is 1.42 bits per heavy atom. The molecule has 3 saturated carbocycles. The molecule has 0 N–H and O–H groups in total. The Balaban J connectivity index is 1.43. The van der Waals surface area contributed by atoms with Gasteiger partial charge in [-0.25, -0.2) is 9.59 Å². The second kappa shape index (κ2) is 9.04. The molecule has 2 aromatic carbocycles. The van der Waals surface area contributed by atoms with Crippen LogP contribution in [0.2, 0.25) is 0 Å². The Kier molecular flexibility index (Phi) is 6.29. The van der Waals surface area contributed by atoms with E-state index < -0.39 is 0 Å². The van der Waals surface area contributed by atoms with Gasteiger partial charge < -0.3 is 9.47 Å². The average Bonchev–Trinajstić information content (AvgIpc) is 3.51. The summed E-state index contributed by atoms with van der Waals surface area (Å²) in [6.45, 7) is 12.6. The minimum Gasteiger partial charge on any atom is -0.454 e. The van der Waals surface area contributed by atoms with E-state index in [9.17, 15) is 9.59 Å². The zero-order valence-corrected chi connectivity index (χ0v) is 22.5. The molecule has 0 spiro atoms. The van der Waals surface area contributed by atoms with Crippen molar-refractivity contribution in [3.05, 3.63) is 70.8 Å². The van der Waals surface area contributed by atoms with Crippen molar-refractivity contribution in [3.63, 3.8) is 0 Å². The van der Waals surface area contributed by atoms with Crippen LogP contribution in [-0.2, 0) is 20.3 Å². The van der Waals surface area contributed by atoms with E-state index in [-0.39, 0.29) is 46.8 Å². The number of esters is 2. The Bertz CT molecular complexity index is 1060. The van der Waals surface area contributed by atoms with Crippen LogP contribution >= 0.6 is 0 Å². The monoisotopic (exact) mass is 488 g/mol. The van der Waals surface area contributed by atoms with Gasteiger partial charge in [0, 0.05) is 11.8 Å². The average molecular weight is 489 g/mol. The molecule has 4 heteroatoms. The molecular weight excluding hydrogens is 448 g/mol. The summed E-state index contributed by atoms with van der Waals surface area (Å²) in [6.07, 6.45) is 3.79. The molecule has 192 valence electrons. The molecule has 0 aromatic heterocycles. The van der Waals surface area contributed by atoms with Crippen LogP contribution in [0.1, 0.15) is 99.1 Å². The zero-order valence-electron chi connectivity index (χ0n) is 22.5. The molecule has 2 bridgehead atoms. The Hall–Kier alpha value is -2.62. The quantitative estimate of drug-likeness (QED) is 0.431. The molecule has 0 radical (unpaired) electrons. The number of carbonyl (C=O) groups excluding carboxylic acids is 2. The van der Waals surface area contributed by atoms with Crippen molar-refractivity contribution in [2.24, 2.45) is 23.7 Å². The van der Waals surface area contributed by atoms with Crippen LogP contribution in [0, 0.1) is 23.7 Å².